The predicted octanol–water partition coefficient (Wildman–Crippen LogP) is 2.69. The number of ketones is 1. The summed E-state index contributed by atoms with van der Waals surface area (Å²) in [5.41, 5.74) is 1.34. The van der Waals surface area contributed by atoms with E-state index in [-0.39, 0.29) is 17.5 Å². The van der Waals surface area contributed by atoms with E-state index in [0.29, 0.717) is 18.5 Å². The third-order valence-electron chi connectivity index (χ3n) is 3.86. The van der Waals surface area contributed by atoms with Crippen LogP contribution in [0.3, 0.4) is 0 Å². The van der Waals surface area contributed by atoms with Gasteiger partial charge in [-0.25, -0.2) is 4.79 Å². The van der Waals surface area contributed by atoms with Gasteiger partial charge in [0.25, 0.3) is 0 Å². The van der Waals surface area contributed by atoms with E-state index in [2.05, 4.69) is 5.32 Å². The van der Waals surface area contributed by atoms with E-state index >= 15 is 0 Å². The Balaban J connectivity index is 1.88. The van der Waals surface area contributed by atoms with Gasteiger partial charge in [0.1, 0.15) is 10.7 Å². The maximum absolute atomic E-state index is 12.4. The van der Waals surface area contributed by atoms with E-state index < -0.39 is 22.9 Å². The lowest BCUT2D eigenvalue weighted by atomic mass is 10.0. The van der Waals surface area contributed by atoms with Gasteiger partial charge in [-0.05, 0) is 31.1 Å². The van der Waals surface area contributed by atoms with Crippen molar-refractivity contribution in [2.24, 2.45) is 0 Å². The van der Waals surface area contributed by atoms with Gasteiger partial charge in [0.15, 0.2) is 6.10 Å². The quantitative estimate of drug-likeness (QED) is 0.225. The molecule has 1 heterocycles. The van der Waals surface area contributed by atoms with E-state index in [0.717, 1.165) is 17.7 Å². The minimum absolute atomic E-state index is 0.105. The minimum atomic E-state index is -1.01. The van der Waals surface area contributed by atoms with E-state index in [9.17, 15) is 24.5 Å². The number of nitro groups is 1. The number of nitrogens with zero attached hydrogens (tertiary/aromatic N) is 1. The molecule has 29 heavy (non-hydrogen) atoms. The summed E-state index contributed by atoms with van der Waals surface area (Å²) in [6, 6.07) is 9.31. The molecule has 152 valence electrons. The van der Waals surface area contributed by atoms with Crippen LogP contribution in [0.4, 0.5) is 5.88 Å². The van der Waals surface area contributed by atoms with Crippen LogP contribution in [0.15, 0.2) is 46.9 Å². The molecule has 0 aliphatic carbocycles. The Morgan fingerprint density at radius 1 is 1.21 bits per heavy atom. The van der Waals surface area contributed by atoms with E-state index in [1.165, 1.54) is 26.0 Å². The fourth-order valence-corrected chi connectivity index (χ4v) is 2.40. The molecular formula is C20H20N2O7. The maximum Gasteiger partial charge on any atom is 0.433 e. The van der Waals surface area contributed by atoms with Crippen LogP contribution in [0.2, 0.25) is 0 Å². The average Bonchev–Trinajstić information content (AvgIpc) is 3.15. The number of benzene rings is 1. The molecular weight excluding hydrogens is 380 g/mol. The highest BCUT2D eigenvalue weighted by atomic mass is 16.6. The molecule has 1 aromatic carbocycles. The van der Waals surface area contributed by atoms with E-state index in [4.69, 9.17) is 9.15 Å². The third kappa shape index (κ3) is 6.73. The molecule has 9 nitrogen and oxygen atoms in total. The smallest absolute Gasteiger partial charge is 0.433 e. The number of hydrogen-bond donors (Lipinski definition) is 1. The molecule has 0 saturated carbocycles. The van der Waals surface area contributed by atoms with Gasteiger partial charge in [0, 0.05) is 25.1 Å². The van der Waals surface area contributed by atoms with E-state index in [1.54, 1.807) is 24.3 Å². The van der Waals surface area contributed by atoms with Crippen LogP contribution in [-0.4, -0.2) is 35.2 Å². The summed E-state index contributed by atoms with van der Waals surface area (Å²) < 4.78 is 9.95. The molecule has 0 radical (unpaired) electrons. The molecule has 0 spiro atoms. The highest BCUT2D eigenvalue weighted by Gasteiger charge is 2.18. The standard InChI is InChI=1S/C20H20N2O7/c1-13(28-19(24)10-8-17-7-9-18(29-17)22(26)27)20(25)16-5-3-15(4-6-16)11-12-21-14(2)23/h3-10,13H,11-12H2,1-2H3,(H,21,23)/b10-8+/t13-/m0/s1. The number of amides is 1. The van der Waals surface area contributed by atoms with Crippen molar-refractivity contribution in [3.8, 4) is 0 Å². The summed E-state index contributed by atoms with van der Waals surface area (Å²) in [6.45, 7) is 3.40. The van der Waals surface area contributed by atoms with Crippen molar-refractivity contribution in [1.29, 1.82) is 0 Å². The van der Waals surface area contributed by atoms with Crippen LogP contribution in [-0.2, 0) is 20.7 Å². The van der Waals surface area contributed by atoms with E-state index in [1.807, 2.05) is 0 Å². The van der Waals surface area contributed by atoms with Crippen LogP contribution in [0, 0.1) is 10.1 Å². The van der Waals surface area contributed by atoms with Crippen LogP contribution in [0.25, 0.3) is 6.08 Å². The second kappa shape index (κ2) is 9.98. The van der Waals surface area contributed by atoms with Crippen molar-refractivity contribution in [2.75, 3.05) is 6.54 Å². The maximum atomic E-state index is 12.4. The highest BCUT2D eigenvalue weighted by Crippen LogP contribution is 2.17. The molecule has 0 saturated heterocycles. The first-order chi connectivity index (χ1) is 13.8. The molecule has 0 aliphatic rings. The summed E-state index contributed by atoms with van der Waals surface area (Å²) >= 11 is 0. The van der Waals surface area contributed by atoms with Crippen molar-refractivity contribution in [2.45, 2.75) is 26.4 Å². The number of carbonyl (C=O) groups excluding carboxylic acids is 3. The number of carbonyl (C=O) groups is 3. The normalized spacial score (nSPS) is 11.8. The predicted molar refractivity (Wildman–Crippen MR) is 103 cm³/mol. The van der Waals surface area contributed by atoms with Gasteiger partial charge < -0.3 is 14.5 Å². The summed E-state index contributed by atoms with van der Waals surface area (Å²) in [4.78, 5) is 45.0. The van der Waals surface area contributed by atoms with Gasteiger partial charge >= 0.3 is 11.9 Å². The zero-order chi connectivity index (χ0) is 21.4. The largest absolute Gasteiger partial charge is 0.451 e. The Morgan fingerprint density at radius 2 is 1.90 bits per heavy atom. The summed E-state index contributed by atoms with van der Waals surface area (Å²) in [6.07, 6.45) is 1.87. The Bertz CT molecular complexity index is 929. The molecule has 0 unspecified atom stereocenters. The molecule has 2 rings (SSSR count). The number of nitrogens with one attached hydrogen (secondary N) is 1. The van der Waals surface area contributed by atoms with Gasteiger partial charge in [-0.1, -0.05) is 24.3 Å². The Morgan fingerprint density at radius 3 is 2.48 bits per heavy atom. The second-order valence-corrected chi connectivity index (χ2v) is 6.14. The lowest BCUT2D eigenvalue weighted by molar-refractivity contribution is -0.402. The topological polar surface area (TPSA) is 129 Å². The highest BCUT2D eigenvalue weighted by molar-refractivity contribution is 6.01. The van der Waals surface area contributed by atoms with Gasteiger partial charge in [0.05, 0.1) is 6.07 Å². The second-order valence-electron chi connectivity index (χ2n) is 6.14. The summed E-state index contributed by atoms with van der Waals surface area (Å²) in [5.74, 6) is -1.58. The summed E-state index contributed by atoms with van der Waals surface area (Å²) in [5, 5.41) is 13.2. The lowest BCUT2D eigenvalue weighted by Crippen LogP contribution is -2.24. The number of esters is 1. The van der Waals surface area contributed by atoms with Crippen molar-refractivity contribution in [3.05, 3.63) is 69.5 Å². The van der Waals surface area contributed by atoms with Gasteiger partial charge in [0.2, 0.25) is 11.7 Å². The molecule has 9 heteroatoms. The Labute approximate surface area is 166 Å². The number of rotatable bonds is 9. The lowest BCUT2D eigenvalue weighted by Gasteiger charge is -2.11. The third-order valence-corrected chi connectivity index (χ3v) is 3.86. The van der Waals surface area contributed by atoms with Gasteiger partial charge in [-0.3, -0.25) is 19.7 Å². The number of ether oxygens (including phenoxy) is 1. The van der Waals surface area contributed by atoms with Crippen molar-refractivity contribution < 1.29 is 28.5 Å². The molecule has 1 atom stereocenters. The van der Waals surface area contributed by atoms with Crippen LogP contribution >= 0.6 is 0 Å². The number of Topliss-reactive ketones (excluding diaryl/α,β-unsaturated/α-hetero) is 1. The fraction of sp³-hybridized carbons (Fsp3) is 0.250. The first kappa shape index (κ1) is 21.5. The molecule has 1 N–H and O–H groups in total. The monoisotopic (exact) mass is 400 g/mol. The molecule has 0 bridgehead atoms. The fourth-order valence-electron chi connectivity index (χ4n) is 2.40. The molecule has 1 amide bonds. The van der Waals surface area contributed by atoms with Crippen molar-refractivity contribution in [1.82, 2.24) is 5.32 Å². The van der Waals surface area contributed by atoms with Crippen molar-refractivity contribution in [3.63, 3.8) is 0 Å². The number of hydrogen-bond acceptors (Lipinski definition) is 7. The average molecular weight is 400 g/mol. The molecule has 0 fully saturated rings. The number of furan rings is 1. The SMILES string of the molecule is CC(=O)NCCc1ccc(C(=O)[C@H](C)OC(=O)/C=C/c2ccc([N+](=O)[O-])o2)cc1. The molecule has 2 aromatic rings. The summed E-state index contributed by atoms with van der Waals surface area (Å²) in [7, 11) is 0. The zero-order valence-corrected chi connectivity index (χ0v) is 15.9. The van der Waals surface area contributed by atoms with Crippen LogP contribution in [0.5, 0.6) is 0 Å². The Kier molecular flexibility index (Phi) is 7.41. The van der Waals surface area contributed by atoms with Crippen molar-refractivity contribution >= 4 is 29.6 Å². The van der Waals surface area contributed by atoms with Gasteiger partial charge in [-0.15, -0.1) is 0 Å². The minimum Gasteiger partial charge on any atom is -0.451 e. The van der Waals surface area contributed by atoms with Gasteiger partial charge in [-0.2, -0.15) is 0 Å². The first-order valence-corrected chi connectivity index (χ1v) is 8.77. The molecule has 0 aliphatic heterocycles. The first-order valence-electron chi connectivity index (χ1n) is 8.77. The Hall–Kier alpha value is -3.75. The molecule has 1 aromatic heterocycles. The van der Waals surface area contributed by atoms with Crippen LogP contribution < -0.4 is 5.32 Å². The van der Waals surface area contributed by atoms with Crippen LogP contribution in [0.1, 0.15) is 35.5 Å². The zero-order valence-electron chi connectivity index (χ0n) is 15.9.